The van der Waals surface area contributed by atoms with Crippen molar-refractivity contribution in [3.63, 3.8) is 0 Å². The summed E-state index contributed by atoms with van der Waals surface area (Å²) in [5.41, 5.74) is 9.65. The lowest BCUT2D eigenvalue weighted by Crippen LogP contribution is -2.10. The molecule has 0 amide bonds. The predicted molar refractivity (Wildman–Crippen MR) is 92.7 cm³/mol. The van der Waals surface area contributed by atoms with Gasteiger partial charge in [-0.1, -0.05) is 12.2 Å². The molecule has 4 nitrogen and oxygen atoms in total. The maximum Gasteiger partial charge on any atom is 0.119 e. The standard InChI is InChI=1S/C17H16N2O2S/c1-20-11-5-3-10(4-6-11)16-15(17(18)22)13-9-12(21-2)7-8-14(13)19-16/h3-9,19H,1-2H3,(H2,18,22). The van der Waals surface area contributed by atoms with Crippen LogP contribution in [-0.4, -0.2) is 24.2 Å². The van der Waals surface area contributed by atoms with Gasteiger partial charge in [0.25, 0.3) is 0 Å². The smallest absolute Gasteiger partial charge is 0.119 e. The summed E-state index contributed by atoms with van der Waals surface area (Å²) in [5.74, 6) is 1.57. The zero-order valence-electron chi connectivity index (χ0n) is 12.3. The van der Waals surface area contributed by atoms with E-state index in [1.807, 2.05) is 42.5 Å². The Balaban J connectivity index is 2.23. The Bertz CT molecular complexity index is 838. The van der Waals surface area contributed by atoms with Crippen LogP contribution in [0.15, 0.2) is 42.5 Å². The van der Waals surface area contributed by atoms with E-state index in [2.05, 4.69) is 4.98 Å². The second kappa shape index (κ2) is 5.69. The van der Waals surface area contributed by atoms with Crippen molar-refractivity contribution in [3.05, 3.63) is 48.0 Å². The topological polar surface area (TPSA) is 60.3 Å². The van der Waals surface area contributed by atoms with Gasteiger partial charge in [-0.25, -0.2) is 0 Å². The number of thiocarbonyl (C=S) groups is 1. The first-order chi connectivity index (χ1) is 10.6. The number of nitrogens with one attached hydrogen (secondary N) is 1. The summed E-state index contributed by atoms with van der Waals surface area (Å²) >= 11 is 5.25. The summed E-state index contributed by atoms with van der Waals surface area (Å²) in [6, 6.07) is 13.6. The molecule has 0 aliphatic heterocycles. The van der Waals surface area contributed by atoms with Crippen LogP contribution >= 0.6 is 12.2 Å². The number of ether oxygens (including phenoxy) is 2. The Hall–Kier alpha value is -2.53. The van der Waals surface area contributed by atoms with Crippen molar-refractivity contribution in [2.75, 3.05) is 14.2 Å². The molecule has 1 aromatic heterocycles. The van der Waals surface area contributed by atoms with Crippen molar-refractivity contribution in [3.8, 4) is 22.8 Å². The number of rotatable bonds is 4. The zero-order chi connectivity index (χ0) is 15.7. The summed E-state index contributed by atoms with van der Waals surface area (Å²) in [6.45, 7) is 0. The van der Waals surface area contributed by atoms with Crippen LogP contribution in [0.25, 0.3) is 22.2 Å². The molecule has 0 unspecified atom stereocenters. The molecule has 1 heterocycles. The quantitative estimate of drug-likeness (QED) is 0.724. The largest absolute Gasteiger partial charge is 0.497 e. The molecule has 0 aliphatic carbocycles. The highest BCUT2D eigenvalue weighted by atomic mass is 32.1. The van der Waals surface area contributed by atoms with Gasteiger partial charge in [-0.15, -0.1) is 0 Å². The Labute approximate surface area is 133 Å². The van der Waals surface area contributed by atoms with Crippen LogP contribution in [0, 0.1) is 0 Å². The third-order valence-corrected chi connectivity index (χ3v) is 3.83. The molecular formula is C17H16N2O2S. The normalized spacial score (nSPS) is 10.6. The molecule has 22 heavy (non-hydrogen) atoms. The number of hydrogen-bond acceptors (Lipinski definition) is 3. The molecule has 3 rings (SSSR count). The molecule has 0 spiro atoms. The Kier molecular flexibility index (Phi) is 3.73. The maximum atomic E-state index is 5.96. The van der Waals surface area contributed by atoms with Crippen molar-refractivity contribution in [2.45, 2.75) is 0 Å². The summed E-state index contributed by atoms with van der Waals surface area (Å²) in [5, 5.41) is 0.956. The number of nitrogens with two attached hydrogens (primary N) is 1. The van der Waals surface area contributed by atoms with Crippen LogP contribution < -0.4 is 15.2 Å². The van der Waals surface area contributed by atoms with E-state index in [1.54, 1.807) is 14.2 Å². The van der Waals surface area contributed by atoms with Gasteiger partial charge in [-0.3, -0.25) is 0 Å². The maximum absolute atomic E-state index is 5.96. The van der Waals surface area contributed by atoms with Gasteiger partial charge in [0.1, 0.15) is 16.5 Å². The molecule has 5 heteroatoms. The van der Waals surface area contributed by atoms with Gasteiger partial charge in [0.2, 0.25) is 0 Å². The van der Waals surface area contributed by atoms with Gasteiger partial charge in [0, 0.05) is 16.5 Å². The highest BCUT2D eigenvalue weighted by molar-refractivity contribution is 7.80. The average molecular weight is 312 g/mol. The van der Waals surface area contributed by atoms with E-state index < -0.39 is 0 Å². The van der Waals surface area contributed by atoms with E-state index >= 15 is 0 Å². The van der Waals surface area contributed by atoms with E-state index in [1.165, 1.54) is 0 Å². The number of methoxy groups -OCH3 is 2. The fourth-order valence-corrected chi connectivity index (χ4v) is 2.74. The van der Waals surface area contributed by atoms with Gasteiger partial charge in [0.15, 0.2) is 0 Å². The molecule has 0 radical (unpaired) electrons. The average Bonchev–Trinajstić information content (AvgIpc) is 2.93. The summed E-state index contributed by atoms with van der Waals surface area (Å²) < 4.78 is 10.5. The van der Waals surface area contributed by atoms with E-state index in [4.69, 9.17) is 27.4 Å². The fourth-order valence-electron chi connectivity index (χ4n) is 2.53. The van der Waals surface area contributed by atoms with E-state index in [-0.39, 0.29) is 0 Å². The van der Waals surface area contributed by atoms with Gasteiger partial charge >= 0.3 is 0 Å². The number of fused-ring (bicyclic) bond motifs is 1. The minimum Gasteiger partial charge on any atom is -0.497 e. The Morgan fingerprint density at radius 2 is 1.64 bits per heavy atom. The SMILES string of the molecule is COc1ccc(-c2[nH]c3ccc(OC)cc3c2C(N)=S)cc1. The molecule has 0 bridgehead atoms. The summed E-state index contributed by atoms with van der Waals surface area (Å²) in [6.07, 6.45) is 0. The summed E-state index contributed by atoms with van der Waals surface area (Å²) in [7, 11) is 3.28. The van der Waals surface area contributed by atoms with Crippen LogP contribution in [0.4, 0.5) is 0 Å². The molecule has 3 aromatic rings. The van der Waals surface area contributed by atoms with Crippen molar-refractivity contribution in [2.24, 2.45) is 5.73 Å². The molecule has 112 valence electrons. The zero-order valence-corrected chi connectivity index (χ0v) is 13.2. The lowest BCUT2D eigenvalue weighted by molar-refractivity contribution is 0.415. The first kappa shape index (κ1) is 14.4. The molecule has 0 aliphatic rings. The molecule has 0 saturated heterocycles. The number of H-pyrrole nitrogens is 1. The first-order valence-corrected chi connectivity index (χ1v) is 7.19. The molecule has 0 fully saturated rings. The fraction of sp³-hybridized carbons (Fsp3) is 0.118. The highest BCUT2D eigenvalue weighted by Gasteiger charge is 2.16. The van der Waals surface area contributed by atoms with Crippen molar-refractivity contribution in [1.29, 1.82) is 0 Å². The Morgan fingerprint density at radius 3 is 2.23 bits per heavy atom. The molecule has 3 N–H and O–H groups in total. The number of aromatic amines is 1. The minimum atomic E-state index is 0.352. The van der Waals surface area contributed by atoms with Gasteiger partial charge < -0.3 is 20.2 Å². The van der Waals surface area contributed by atoms with Crippen LogP contribution in [0.5, 0.6) is 11.5 Å². The van der Waals surface area contributed by atoms with E-state index in [9.17, 15) is 0 Å². The summed E-state index contributed by atoms with van der Waals surface area (Å²) in [4.78, 5) is 3.74. The van der Waals surface area contributed by atoms with Crippen LogP contribution in [-0.2, 0) is 0 Å². The highest BCUT2D eigenvalue weighted by Crippen LogP contribution is 2.33. The molecule has 0 atom stereocenters. The first-order valence-electron chi connectivity index (χ1n) is 6.78. The number of aromatic nitrogens is 1. The monoisotopic (exact) mass is 312 g/mol. The lowest BCUT2D eigenvalue weighted by atomic mass is 10.0. The van der Waals surface area contributed by atoms with Crippen molar-refractivity contribution < 1.29 is 9.47 Å². The molecule has 0 saturated carbocycles. The minimum absolute atomic E-state index is 0.352. The van der Waals surface area contributed by atoms with Crippen molar-refractivity contribution in [1.82, 2.24) is 4.98 Å². The van der Waals surface area contributed by atoms with Crippen LogP contribution in [0.2, 0.25) is 0 Å². The second-order valence-electron chi connectivity index (χ2n) is 4.88. The Morgan fingerprint density at radius 1 is 1.00 bits per heavy atom. The third-order valence-electron chi connectivity index (χ3n) is 3.63. The van der Waals surface area contributed by atoms with Gasteiger partial charge in [-0.2, -0.15) is 0 Å². The molecular weight excluding hydrogens is 296 g/mol. The predicted octanol–water partition coefficient (Wildman–Crippen LogP) is 3.49. The van der Waals surface area contributed by atoms with Crippen LogP contribution in [0.3, 0.4) is 0 Å². The number of benzene rings is 2. The van der Waals surface area contributed by atoms with Gasteiger partial charge in [-0.05, 0) is 48.0 Å². The van der Waals surface area contributed by atoms with Crippen molar-refractivity contribution >= 4 is 28.1 Å². The third kappa shape index (κ3) is 2.40. The number of hydrogen-bond donors (Lipinski definition) is 2. The van der Waals surface area contributed by atoms with Gasteiger partial charge in [0.05, 0.1) is 19.9 Å². The van der Waals surface area contributed by atoms with Crippen LogP contribution in [0.1, 0.15) is 5.56 Å². The molecule has 2 aromatic carbocycles. The van der Waals surface area contributed by atoms with E-state index in [0.29, 0.717) is 4.99 Å². The lowest BCUT2D eigenvalue weighted by Gasteiger charge is -2.05. The van der Waals surface area contributed by atoms with E-state index in [0.717, 1.165) is 39.2 Å². The second-order valence-corrected chi connectivity index (χ2v) is 5.32.